The van der Waals surface area contributed by atoms with Crippen molar-refractivity contribution in [3.63, 3.8) is 0 Å². The second-order valence-corrected chi connectivity index (χ2v) is 4.12. The SMILES string of the molecule is NC(=O)c1n[nH]nc1-c1cc(Br)c(O)c(F)c1F. The molecule has 94 valence electrons. The number of carbonyl (C=O) groups excluding carboxylic acids is 1. The number of hydrogen-bond acceptors (Lipinski definition) is 4. The molecule has 6 nitrogen and oxygen atoms in total. The Balaban J connectivity index is 2.72. The molecule has 0 bridgehead atoms. The highest BCUT2D eigenvalue weighted by Crippen LogP contribution is 2.35. The topological polar surface area (TPSA) is 105 Å². The lowest BCUT2D eigenvalue weighted by atomic mass is 10.1. The number of H-pyrrole nitrogens is 1. The van der Waals surface area contributed by atoms with Crippen LogP contribution in [0.5, 0.6) is 5.75 Å². The van der Waals surface area contributed by atoms with E-state index in [1.54, 1.807) is 0 Å². The number of nitrogens with one attached hydrogen (secondary N) is 1. The van der Waals surface area contributed by atoms with Crippen molar-refractivity contribution in [1.29, 1.82) is 0 Å². The predicted molar refractivity (Wildman–Crippen MR) is 59.6 cm³/mol. The predicted octanol–water partition coefficient (Wildman–Crippen LogP) is 1.32. The molecule has 0 unspecified atom stereocenters. The fourth-order valence-corrected chi connectivity index (χ4v) is 1.75. The van der Waals surface area contributed by atoms with Gasteiger partial charge in [-0.3, -0.25) is 4.79 Å². The van der Waals surface area contributed by atoms with Crippen LogP contribution in [0.15, 0.2) is 10.5 Å². The molecule has 9 heteroatoms. The summed E-state index contributed by atoms with van der Waals surface area (Å²) in [6.07, 6.45) is 0. The Labute approximate surface area is 107 Å². The number of aromatic hydroxyl groups is 1. The molecule has 0 aliphatic carbocycles. The zero-order chi connectivity index (χ0) is 13.4. The van der Waals surface area contributed by atoms with E-state index in [0.29, 0.717) is 0 Å². The largest absolute Gasteiger partial charge is 0.504 e. The second-order valence-electron chi connectivity index (χ2n) is 3.27. The lowest BCUT2D eigenvalue weighted by Gasteiger charge is -2.05. The highest BCUT2D eigenvalue weighted by atomic mass is 79.9. The molecule has 1 aromatic carbocycles. The van der Waals surface area contributed by atoms with Crippen LogP contribution in [0.4, 0.5) is 8.78 Å². The number of rotatable bonds is 2. The first-order chi connectivity index (χ1) is 8.43. The van der Waals surface area contributed by atoms with Gasteiger partial charge >= 0.3 is 0 Å². The van der Waals surface area contributed by atoms with E-state index in [1.807, 2.05) is 0 Å². The van der Waals surface area contributed by atoms with Crippen molar-refractivity contribution in [2.75, 3.05) is 0 Å². The number of carbonyl (C=O) groups is 1. The number of benzene rings is 1. The minimum absolute atomic E-state index is 0.0881. The van der Waals surface area contributed by atoms with Crippen LogP contribution in [0.3, 0.4) is 0 Å². The van der Waals surface area contributed by atoms with E-state index >= 15 is 0 Å². The maximum Gasteiger partial charge on any atom is 0.271 e. The van der Waals surface area contributed by atoms with Gasteiger partial charge in [0.25, 0.3) is 5.91 Å². The summed E-state index contributed by atoms with van der Waals surface area (Å²) in [5.74, 6) is -4.63. The molecular formula is C9H5BrF2N4O2. The quantitative estimate of drug-likeness (QED) is 0.726. The average Bonchev–Trinajstić information content (AvgIpc) is 2.80. The van der Waals surface area contributed by atoms with Crippen LogP contribution < -0.4 is 5.73 Å². The minimum Gasteiger partial charge on any atom is -0.504 e. The number of nitrogens with two attached hydrogens (primary N) is 1. The minimum atomic E-state index is -1.46. The Morgan fingerprint density at radius 3 is 2.67 bits per heavy atom. The zero-order valence-corrected chi connectivity index (χ0v) is 10.1. The third-order valence-electron chi connectivity index (χ3n) is 2.17. The molecule has 2 aromatic rings. The summed E-state index contributed by atoms with van der Waals surface area (Å²) in [6.45, 7) is 0. The van der Waals surface area contributed by atoms with Crippen LogP contribution in [0.2, 0.25) is 0 Å². The normalized spacial score (nSPS) is 10.6. The summed E-state index contributed by atoms with van der Waals surface area (Å²) in [5, 5.41) is 18.3. The first-order valence-corrected chi connectivity index (χ1v) is 5.30. The maximum absolute atomic E-state index is 13.7. The molecule has 0 aliphatic heterocycles. The summed E-state index contributed by atoms with van der Waals surface area (Å²) in [6, 6.07) is 1.07. The molecular weight excluding hydrogens is 314 g/mol. The molecule has 0 atom stereocenters. The van der Waals surface area contributed by atoms with Crippen molar-refractivity contribution in [3.8, 4) is 17.0 Å². The van der Waals surface area contributed by atoms with Gasteiger partial charge in [0.1, 0.15) is 5.69 Å². The molecule has 0 radical (unpaired) electrons. The van der Waals surface area contributed by atoms with Gasteiger partial charge in [0.05, 0.1) is 4.47 Å². The summed E-state index contributed by atoms with van der Waals surface area (Å²) >= 11 is 2.85. The summed E-state index contributed by atoms with van der Waals surface area (Å²) < 4.78 is 26.9. The standard InChI is InChI=1S/C9H5BrF2N4O2/c10-3-1-2(4(11)5(12)8(3)17)6-7(9(13)18)15-16-14-6/h1,17H,(H2,13,18)(H,14,15,16). The van der Waals surface area contributed by atoms with Crippen LogP contribution in [0, 0.1) is 11.6 Å². The van der Waals surface area contributed by atoms with E-state index in [0.717, 1.165) is 6.07 Å². The lowest BCUT2D eigenvalue weighted by Crippen LogP contribution is -2.13. The van der Waals surface area contributed by atoms with E-state index in [4.69, 9.17) is 5.73 Å². The highest BCUT2D eigenvalue weighted by molar-refractivity contribution is 9.10. The van der Waals surface area contributed by atoms with E-state index in [2.05, 4.69) is 31.3 Å². The Kier molecular flexibility index (Phi) is 2.99. The van der Waals surface area contributed by atoms with Crippen molar-refractivity contribution < 1.29 is 18.7 Å². The van der Waals surface area contributed by atoms with Crippen LogP contribution in [-0.4, -0.2) is 26.4 Å². The molecule has 0 saturated carbocycles. The van der Waals surface area contributed by atoms with Crippen molar-refractivity contribution >= 4 is 21.8 Å². The number of phenols is 1. The number of hydrogen-bond donors (Lipinski definition) is 3. The summed E-state index contributed by atoms with van der Waals surface area (Å²) in [5.41, 5.74) is 4.10. The van der Waals surface area contributed by atoms with Gasteiger partial charge in [-0.2, -0.15) is 19.8 Å². The number of nitrogens with zero attached hydrogens (tertiary/aromatic N) is 2. The van der Waals surface area contributed by atoms with E-state index in [1.165, 1.54) is 0 Å². The molecule has 0 fully saturated rings. The summed E-state index contributed by atoms with van der Waals surface area (Å²) in [7, 11) is 0. The average molecular weight is 319 g/mol. The van der Waals surface area contributed by atoms with Crippen molar-refractivity contribution in [3.05, 3.63) is 27.9 Å². The van der Waals surface area contributed by atoms with Gasteiger partial charge in [0.15, 0.2) is 17.3 Å². The number of aromatic amines is 1. The van der Waals surface area contributed by atoms with Crippen LogP contribution in [0.25, 0.3) is 11.3 Å². The Morgan fingerprint density at radius 2 is 2.06 bits per heavy atom. The van der Waals surface area contributed by atoms with Gasteiger partial charge in [0, 0.05) is 5.56 Å². The van der Waals surface area contributed by atoms with Crippen LogP contribution in [0.1, 0.15) is 10.5 Å². The number of primary amides is 1. The Morgan fingerprint density at radius 1 is 1.39 bits per heavy atom. The molecule has 1 amide bonds. The molecule has 18 heavy (non-hydrogen) atoms. The third-order valence-corrected chi connectivity index (χ3v) is 2.78. The lowest BCUT2D eigenvalue weighted by molar-refractivity contribution is 0.0996. The van der Waals surface area contributed by atoms with Crippen molar-refractivity contribution in [1.82, 2.24) is 15.4 Å². The summed E-state index contributed by atoms with van der Waals surface area (Å²) in [4.78, 5) is 11.0. The fourth-order valence-electron chi connectivity index (χ4n) is 1.35. The van der Waals surface area contributed by atoms with E-state index in [9.17, 15) is 18.7 Å². The number of amides is 1. The van der Waals surface area contributed by atoms with Gasteiger partial charge in [-0.1, -0.05) is 0 Å². The Hall–Kier alpha value is -2.03. The van der Waals surface area contributed by atoms with E-state index < -0.39 is 23.3 Å². The van der Waals surface area contributed by atoms with Gasteiger partial charge in [-0.15, -0.1) is 0 Å². The van der Waals surface area contributed by atoms with Gasteiger partial charge in [0.2, 0.25) is 5.82 Å². The monoisotopic (exact) mass is 318 g/mol. The Bertz CT molecular complexity index is 644. The smallest absolute Gasteiger partial charge is 0.271 e. The number of aromatic nitrogens is 3. The van der Waals surface area contributed by atoms with Gasteiger partial charge < -0.3 is 10.8 Å². The van der Waals surface area contributed by atoms with Gasteiger partial charge in [-0.05, 0) is 22.0 Å². The molecule has 4 N–H and O–H groups in total. The second kappa shape index (κ2) is 4.33. The van der Waals surface area contributed by atoms with Crippen molar-refractivity contribution in [2.45, 2.75) is 0 Å². The van der Waals surface area contributed by atoms with E-state index in [-0.39, 0.29) is 21.4 Å². The molecule has 1 aromatic heterocycles. The highest BCUT2D eigenvalue weighted by Gasteiger charge is 2.23. The number of halogens is 3. The molecule has 0 aliphatic rings. The molecule has 0 spiro atoms. The number of phenolic OH excluding ortho intramolecular Hbond substituents is 1. The molecule has 1 heterocycles. The first-order valence-electron chi connectivity index (χ1n) is 4.51. The van der Waals surface area contributed by atoms with Crippen LogP contribution >= 0.6 is 15.9 Å². The third kappa shape index (κ3) is 1.82. The van der Waals surface area contributed by atoms with Crippen molar-refractivity contribution in [2.24, 2.45) is 5.73 Å². The first kappa shape index (κ1) is 12.4. The zero-order valence-electron chi connectivity index (χ0n) is 8.54. The molecule has 2 rings (SSSR count). The molecule has 0 saturated heterocycles. The maximum atomic E-state index is 13.7. The fraction of sp³-hybridized carbons (Fsp3) is 0. The van der Waals surface area contributed by atoms with Crippen LogP contribution in [-0.2, 0) is 0 Å². The van der Waals surface area contributed by atoms with Gasteiger partial charge in [-0.25, -0.2) is 4.39 Å².